The molecule has 2 atom stereocenters. The van der Waals surface area contributed by atoms with Gasteiger partial charge in [0.05, 0.1) is 5.92 Å². The van der Waals surface area contributed by atoms with Crippen molar-refractivity contribution in [3.63, 3.8) is 0 Å². The zero-order valence-corrected chi connectivity index (χ0v) is 15.6. The van der Waals surface area contributed by atoms with E-state index in [0.717, 1.165) is 38.6 Å². The Bertz CT molecular complexity index is 374. The Balaban J connectivity index is 2.29. The summed E-state index contributed by atoms with van der Waals surface area (Å²) in [5, 5.41) is 8.84. The van der Waals surface area contributed by atoms with E-state index in [9.17, 15) is 9.59 Å². The van der Waals surface area contributed by atoms with Crippen LogP contribution in [-0.4, -0.2) is 34.5 Å². The molecule has 2 N–H and O–H groups in total. The van der Waals surface area contributed by atoms with Crippen molar-refractivity contribution in [1.82, 2.24) is 10.4 Å². The largest absolute Gasteiger partial charge is 0.339 e. The number of amides is 2. The maximum absolute atomic E-state index is 12.5. The second kappa shape index (κ2) is 12.3. The quantitative estimate of drug-likeness (QED) is 0.339. The summed E-state index contributed by atoms with van der Waals surface area (Å²) in [7, 11) is 0. The summed E-state index contributed by atoms with van der Waals surface area (Å²) >= 11 is 0. The summed E-state index contributed by atoms with van der Waals surface area (Å²) in [6.07, 6.45) is 13.3. The molecule has 0 aromatic carbocycles. The van der Waals surface area contributed by atoms with Crippen LogP contribution in [0.5, 0.6) is 0 Å². The molecule has 1 aliphatic heterocycles. The van der Waals surface area contributed by atoms with E-state index in [1.807, 2.05) is 4.90 Å². The molecule has 24 heavy (non-hydrogen) atoms. The highest BCUT2D eigenvalue weighted by atomic mass is 16.5. The fourth-order valence-corrected chi connectivity index (χ4v) is 3.62. The average molecular weight is 341 g/mol. The van der Waals surface area contributed by atoms with Crippen LogP contribution in [0.15, 0.2) is 0 Å². The Morgan fingerprint density at radius 1 is 1.08 bits per heavy atom. The van der Waals surface area contributed by atoms with Gasteiger partial charge in [-0.3, -0.25) is 14.8 Å². The van der Waals surface area contributed by atoms with E-state index >= 15 is 0 Å². The number of carbonyl (C=O) groups excluding carboxylic acids is 2. The van der Waals surface area contributed by atoms with E-state index in [0.29, 0.717) is 6.42 Å². The van der Waals surface area contributed by atoms with Crippen LogP contribution in [0.1, 0.15) is 90.9 Å². The molecule has 1 unspecified atom stereocenters. The minimum absolute atomic E-state index is 0.0764. The Morgan fingerprint density at radius 3 is 2.33 bits per heavy atom. The predicted molar refractivity (Wildman–Crippen MR) is 95.7 cm³/mol. The Kier molecular flexibility index (Phi) is 10.7. The molecule has 1 saturated heterocycles. The molecular weight excluding hydrogens is 304 g/mol. The molecule has 1 fully saturated rings. The van der Waals surface area contributed by atoms with Gasteiger partial charge in [0.15, 0.2) is 0 Å². The summed E-state index contributed by atoms with van der Waals surface area (Å²) in [5.74, 6) is -0.590. The molecule has 0 radical (unpaired) electrons. The minimum Gasteiger partial charge on any atom is -0.339 e. The number of nitrogens with zero attached hydrogens (tertiary/aromatic N) is 1. The molecule has 0 saturated carbocycles. The lowest BCUT2D eigenvalue weighted by Gasteiger charge is -2.38. The topological polar surface area (TPSA) is 69.6 Å². The van der Waals surface area contributed by atoms with Crippen LogP contribution < -0.4 is 5.48 Å². The first-order chi connectivity index (χ1) is 11.6. The summed E-state index contributed by atoms with van der Waals surface area (Å²) in [5.41, 5.74) is 1.73. The van der Waals surface area contributed by atoms with Crippen LogP contribution in [0, 0.1) is 5.92 Å². The van der Waals surface area contributed by atoms with Gasteiger partial charge < -0.3 is 4.90 Å². The smallest absolute Gasteiger partial charge is 0.248 e. The van der Waals surface area contributed by atoms with Gasteiger partial charge in [-0.05, 0) is 25.7 Å². The number of carbonyl (C=O) groups is 2. The molecule has 0 aliphatic carbocycles. The van der Waals surface area contributed by atoms with Gasteiger partial charge in [0.25, 0.3) is 0 Å². The number of piperidine rings is 1. The number of likely N-dealkylation sites (tertiary alicyclic amines) is 1. The van der Waals surface area contributed by atoms with Crippen molar-refractivity contribution >= 4 is 11.8 Å². The van der Waals surface area contributed by atoms with Gasteiger partial charge in [0, 0.05) is 19.0 Å². The van der Waals surface area contributed by atoms with Crippen LogP contribution in [-0.2, 0) is 9.59 Å². The maximum atomic E-state index is 12.5. The average Bonchev–Trinajstić information content (AvgIpc) is 2.62. The van der Waals surface area contributed by atoms with Gasteiger partial charge >= 0.3 is 0 Å². The van der Waals surface area contributed by atoms with E-state index in [2.05, 4.69) is 6.92 Å². The van der Waals surface area contributed by atoms with Gasteiger partial charge in [-0.25, -0.2) is 5.48 Å². The molecule has 0 spiro atoms. The van der Waals surface area contributed by atoms with Gasteiger partial charge in [-0.1, -0.05) is 58.8 Å². The molecule has 140 valence electrons. The minimum atomic E-state index is -0.397. The molecule has 1 heterocycles. The first kappa shape index (κ1) is 20.9. The Labute approximate surface area is 147 Å². The molecule has 1 rings (SSSR count). The molecule has 0 bridgehead atoms. The monoisotopic (exact) mass is 340 g/mol. The van der Waals surface area contributed by atoms with Crippen LogP contribution in [0.2, 0.25) is 0 Å². The SMILES string of the molecule is CCCCCCCCCCC(=O)N1CCCCC1[C@H](C)C(=O)NO. The van der Waals surface area contributed by atoms with Crippen LogP contribution >= 0.6 is 0 Å². The highest BCUT2D eigenvalue weighted by Gasteiger charge is 2.33. The van der Waals surface area contributed by atoms with Crippen LogP contribution in [0.4, 0.5) is 0 Å². The molecule has 0 aromatic heterocycles. The third kappa shape index (κ3) is 7.20. The normalized spacial score (nSPS) is 19.1. The number of hydrogen-bond donors (Lipinski definition) is 2. The highest BCUT2D eigenvalue weighted by Crippen LogP contribution is 2.25. The second-order valence-corrected chi connectivity index (χ2v) is 7.14. The van der Waals surface area contributed by atoms with Crippen molar-refractivity contribution in [3.8, 4) is 0 Å². The highest BCUT2D eigenvalue weighted by molar-refractivity contribution is 5.80. The standard InChI is InChI=1S/C19H36N2O3/c1-3-4-5-6-7-8-9-10-14-18(22)21-15-12-11-13-17(21)16(2)19(23)20-24/h16-17,24H,3-15H2,1-2H3,(H,20,23)/t16-,17?/m0/s1. The van der Waals surface area contributed by atoms with Gasteiger partial charge in [0.1, 0.15) is 0 Å². The lowest BCUT2D eigenvalue weighted by atomic mass is 9.90. The number of hydroxylamine groups is 1. The number of nitrogens with one attached hydrogen (secondary N) is 1. The number of rotatable bonds is 11. The lowest BCUT2D eigenvalue weighted by Crippen LogP contribution is -2.50. The summed E-state index contributed by atoms with van der Waals surface area (Å²) in [6, 6.07) is -0.0764. The van der Waals surface area contributed by atoms with E-state index < -0.39 is 5.91 Å². The molecule has 5 nitrogen and oxygen atoms in total. The summed E-state index contributed by atoms with van der Waals surface area (Å²) < 4.78 is 0. The van der Waals surface area contributed by atoms with E-state index in [-0.39, 0.29) is 17.9 Å². The van der Waals surface area contributed by atoms with Gasteiger partial charge in [-0.2, -0.15) is 0 Å². The zero-order valence-electron chi connectivity index (χ0n) is 15.6. The van der Waals surface area contributed by atoms with Crippen molar-refractivity contribution in [2.75, 3.05) is 6.54 Å². The lowest BCUT2D eigenvalue weighted by molar-refractivity contribution is -0.142. The third-order valence-corrected chi connectivity index (χ3v) is 5.21. The van der Waals surface area contributed by atoms with Crippen molar-refractivity contribution in [3.05, 3.63) is 0 Å². The first-order valence-electron chi connectivity index (χ1n) is 9.85. The molecule has 0 aromatic rings. The summed E-state index contributed by atoms with van der Waals surface area (Å²) in [4.78, 5) is 26.1. The first-order valence-corrected chi connectivity index (χ1v) is 9.85. The predicted octanol–water partition coefficient (Wildman–Crippen LogP) is 4.04. The van der Waals surface area contributed by atoms with Crippen molar-refractivity contribution in [1.29, 1.82) is 0 Å². The number of unbranched alkanes of at least 4 members (excludes halogenated alkanes) is 7. The van der Waals surface area contributed by atoms with Crippen molar-refractivity contribution < 1.29 is 14.8 Å². The van der Waals surface area contributed by atoms with E-state index in [1.165, 1.54) is 38.5 Å². The Morgan fingerprint density at radius 2 is 1.71 bits per heavy atom. The van der Waals surface area contributed by atoms with E-state index in [1.54, 1.807) is 12.4 Å². The molecular formula is C19H36N2O3. The maximum Gasteiger partial charge on any atom is 0.248 e. The van der Waals surface area contributed by atoms with Crippen molar-refractivity contribution in [2.45, 2.75) is 96.9 Å². The van der Waals surface area contributed by atoms with Gasteiger partial charge in [0.2, 0.25) is 11.8 Å². The fourth-order valence-electron chi connectivity index (χ4n) is 3.62. The fraction of sp³-hybridized carbons (Fsp3) is 0.895. The van der Waals surface area contributed by atoms with Gasteiger partial charge in [-0.15, -0.1) is 0 Å². The van der Waals surface area contributed by atoms with E-state index in [4.69, 9.17) is 5.21 Å². The second-order valence-electron chi connectivity index (χ2n) is 7.14. The Hall–Kier alpha value is -1.10. The third-order valence-electron chi connectivity index (χ3n) is 5.21. The molecule has 5 heteroatoms. The molecule has 2 amide bonds. The summed E-state index contributed by atoms with van der Waals surface area (Å²) in [6.45, 7) is 4.76. The van der Waals surface area contributed by atoms with Crippen molar-refractivity contribution in [2.24, 2.45) is 5.92 Å². The van der Waals surface area contributed by atoms with Crippen LogP contribution in [0.25, 0.3) is 0 Å². The van der Waals surface area contributed by atoms with Crippen LogP contribution in [0.3, 0.4) is 0 Å². The molecule has 1 aliphatic rings. The zero-order chi connectivity index (χ0) is 17.8. The number of hydrogen-bond acceptors (Lipinski definition) is 3.